The van der Waals surface area contributed by atoms with Gasteiger partial charge in [0.1, 0.15) is 12.4 Å². The summed E-state index contributed by atoms with van der Waals surface area (Å²) < 4.78 is 10.2. The van der Waals surface area contributed by atoms with E-state index in [0.717, 1.165) is 0 Å². The van der Waals surface area contributed by atoms with Crippen LogP contribution in [0.4, 0.5) is 5.69 Å². The molecule has 0 bridgehead atoms. The largest absolute Gasteiger partial charge is 0.495 e. The lowest BCUT2D eigenvalue weighted by Crippen LogP contribution is -2.06. The van der Waals surface area contributed by atoms with E-state index in [9.17, 15) is 4.79 Å². The summed E-state index contributed by atoms with van der Waals surface area (Å²) in [6.07, 6.45) is 3.08. The number of halogens is 1. The number of aromatic nitrogens is 1. The zero-order valence-corrected chi connectivity index (χ0v) is 11.6. The number of nitrogens with two attached hydrogens (primary N) is 1. The van der Waals surface area contributed by atoms with Gasteiger partial charge < -0.3 is 15.2 Å². The monoisotopic (exact) mass is 292 g/mol. The highest BCUT2D eigenvalue weighted by Gasteiger charge is 2.11. The van der Waals surface area contributed by atoms with E-state index in [1.807, 2.05) is 0 Å². The molecule has 1 aromatic carbocycles. The van der Waals surface area contributed by atoms with Gasteiger partial charge in [-0.1, -0.05) is 11.6 Å². The van der Waals surface area contributed by atoms with Crippen LogP contribution in [0, 0.1) is 0 Å². The van der Waals surface area contributed by atoms with Crippen molar-refractivity contribution in [1.29, 1.82) is 0 Å². The van der Waals surface area contributed by atoms with Crippen LogP contribution in [0.15, 0.2) is 36.7 Å². The number of benzene rings is 1. The minimum absolute atomic E-state index is 0.0763. The van der Waals surface area contributed by atoms with E-state index in [2.05, 4.69) is 4.98 Å². The number of carbonyl (C=O) groups is 1. The summed E-state index contributed by atoms with van der Waals surface area (Å²) in [5, 5.41) is 0.454. The second kappa shape index (κ2) is 6.25. The molecule has 0 saturated carbocycles. The Balaban J connectivity index is 2.07. The van der Waals surface area contributed by atoms with Crippen LogP contribution in [-0.4, -0.2) is 18.1 Å². The maximum absolute atomic E-state index is 11.9. The Labute approximate surface area is 121 Å². The molecular weight excluding hydrogens is 280 g/mol. The summed E-state index contributed by atoms with van der Waals surface area (Å²) in [6.45, 7) is 0.0763. The molecule has 0 spiro atoms. The number of ether oxygens (including phenoxy) is 2. The Morgan fingerprint density at radius 3 is 2.90 bits per heavy atom. The fourth-order valence-corrected chi connectivity index (χ4v) is 1.76. The van der Waals surface area contributed by atoms with Gasteiger partial charge in [-0.3, -0.25) is 4.98 Å². The van der Waals surface area contributed by atoms with E-state index in [0.29, 0.717) is 27.6 Å². The molecule has 1 heterocycles. The Kier molecular flexibility index (Phi) is 4.42. The van der Waals surface area contributed by atoms with Gasteiger partial charge in [0.05, 0.1) is 23.4 Å². The number of carbonyl (C=O) groups excluding carboxylic acids is 1. The first kappa shape index (κ1) is 14.1. The van der Waals surface area contributed by atoms with Crippen LogP contribution in [0.5, 0.6) is 5.75 Å². The lowest BCUT2D eigenvalue weighted by Gasteiger charge is -2.08. The normalized spacial score (nSPS) is 10.1. The van der Waals surface area contributed by atoms with Crippen LogP contribution in [-0.2, 0) is 11.3 Å². The van der Waals surface area contributed by atoms with Gasteiger partial charge in [0, 0.05) is 18.0 Å². The first-order valence-electron chi connectivity index (χ1n) is 5.81. The van der Waals surface area contributed by atoms with Crippen LogP contribution in [0.25, 0.3) is 0 Å². The van der Waals surface area contributed by atoms with Crippen molar-refractivity contribution in [3.8, 4) is 5.75 Å². The Morgan fingerprint density at radius 2 is 2.20 bits per heavy atom. The first-order valence-corrected chi connectivity index (χ1v) is 6.18. The lowest BCUT2D eigenvalue weighted by molar-refractivity contribution is 0.0472. The molecule has 104 valence electrons. The van der Waals surface area contributed by atoms with Gasteiger partial charge in [0.2, 0.25) is 0 Å². The fourth-order valence-electron chi connectivity index (χ4n) is 1.59. The number of pyridine rings is 1. The average Bonchev–Trinajstić information content (AvgIpc) is 2.46. The molecule has 2 rings (SSSR count). The van der Waals surface area contributed by atoms with E-state index in [4.69, 9.17) is 26.8 Å². The van der Waals surface area contributed by atoms with Gasteiger partial charge in [-0.05, 0) is 24.3 Å². The van der Waals surface area contributed by atoms with Crippen molar-refractivity contribution in [1.82, 2.24) is 4.98 Å². The smallest absolute Gasteiger partial charge is 0.338 e. The van der Waals surface area contributed by atoms with Crippen LogP contribution in [0.3, 0.4) is 0 Å². The summed E-state index contributed by atoms with van der Waals surface area (Å²) in [4.78, 5) is 15.8. The highest BCUT2D eigenvalue weighted by atomic mass is 35.5. The van der Waals surface area contributed by atoms with E-state index in [1.165, 1.54) is 19.4 Å². The molecule has 1 aromatic heterocycles. The van der Waals surface area contributed by atoms with Gasteiger partial charge in [0.25, 0.3) is 0 Å². The number of nitrogens with zero attached hydrogens (tertiary/aromatic N) is 1. The van der Waals surface area contributed by atoms with Crippen LogP contribution < -0.4 is 10.5 Å². The van der Waals surface area contributed by atoms with Crippen LogP contribution in [0.1, 0.15) is 15.9 Å². The molecule has 0 saturated heterocycles. The molecular formula is C14H13ClN2O3. The molecule has 6 heteroatoms. The number of hydrogen-bond acceptors (Lipinski definition) is 5. The summed E-state index contributed by atoms with van der Waals surface area (Å²) in [5.74, 6) is -0.0439. The average molecular weight is 293 g/mol. The molecule has 0 aliphatic rings. The Hall–Kier alpha value is -2.27. The second-order valence-electron chi connectivity index (χ2n) is 4.00. The topological polar surface area (TPSA) is 74.4 Å². The minimum atomic E-state index is -0.476. The summed E-state index contributed by atoms with van der Waals surface area (Å²) >= 11 is 5.93. The quantitative estimate of drug-likeness (QED) is 0.693. The Morgan fingerprint density at radius 1 is 1.40 bits per heavy atom. The predicted octanol–water partition coefficient (Wildman–Crippen LogP) is 2.68. The zero-order valence-electron chi connectivity index (χ0n) is 10.8. The van der Waals surface area contributed by atoms with Gasteiger partial charge in [-0.25, -0.2) is 4.79 Å². The van der Waals surface area contributed by atoms with Crippen molar-refractivity contribution in [2.75, 3.05) is 12.8 Å². The third-order valence-electron chi connectivity index (χ3n) is 2.68. The third-order valence-corrected chi connectivity index (χ3v) is 3.02. The van der Waals surface area contributed by atoms with Gasteiger partial charge >= 0.3 is 5.97 Å². The maximum Gasteiger partial charge on any atom is 0.338 e. The predicted molar refractivity (Wildman–Crippen MR) is 75.8 cm³/mol. The molecule has 0 atom stereocenters. The van der Waals surface area contributed by atoms with Crippen molar-refractivity contribution >= 4 is 23.3 Å². The Bertz CT molecular complexity index is 632. The minimum Gasteiger partial charge on any atom is -0.495 e. The van der Waals surface area contributed by atoms with E-state index in [1.54, 1.807) is 24.4 Å². The number of nitrogen functional groups attached to an aromatic ring is 1. The molecule has 0 fully saturated rings. The van der Waals surface area contributed by atoms with E-state index in [-0.39, 0.29) is 6.61 Å². The molecule has 5 nitrogen and oxygen atoms in total. The molecule has 2 aromatic rings. The first-order chi connectivity index (χ1) is 9.61. The van der Waals surface area contributed by atoms with Crippen molar-refractivity contribution in [2.24, 2.45) is 0 Å². The molecule has 0 aliphatic heterocycles. The molecule has 2 N–H and O–H groups in total. The van der Waals surface area contributed by atoms with Gasteiger partial charge in [-0.15, -0.1) is 0 Å². The van der Waals surface area contributed by atoms with Crippen molar-refractivity contribution in [3.63, 3.8) is 0 Å². The molecule has 0 radical (unpaired) electrons. The molecule has 0 aliphatic carbocycles. The highest BCUT2D eigenvalue weighted by Crippen LogP contribution is 2.23. The number of hydrogen-bond donors (Lipinski definition) is 1. The van der Waals surface area contributed by atoms with Crippen LogP contribution in [0.2, 0.25) is 5.02 Å². The van der Waals surface area contributed by atoms with Crippen LogP contribution >= 0.6 is 11.6 Å². The molecule has 0 unspecified atom stereocenters. The van der Waals surface area contributed by atoms with E-state index < -0.39 is 5.97 Å². The lowest BCUT2D eigenvalue weighted by atomic mass is 10.2. The second-order valence-corrected chi connectivity index (χ2v) is 4.41. The standard InChI is InChI=1S/C14H13ClN2O3/c1-19-13-6-9(2-3-12(13)16)14(18)20-8-10-4-5-17-7-11(10)15/h2-7H,8,16H2,1H3. The maximum atomic E-state index is 11.9. The third kappa shape index (κ3) is 3.19. The summed E-state index contributed by atoms with van der Waals surface area (Å²) in [7, 11) is 1.48. The van der Waals surface area contributed by atoms with Crippen molar-refractivity contribution in [3.05, 3.63) is 52.8 Å². The molecule has 0 amide bonds. The van der Waals surface area contributed by atoms with E-state index >= 15 is 0 Å². The summed E-state index contributed by atoms with van der Waals surface area (Å²) in [5.41, 5.74) is 7.20. The highest BCUT2D eigenvalue weighted by molar-refractivity contribution is 6.31. The SMILES string of the molecule is COc1cc(C(=O)OCc2ccncc2Cl)ccc1N. The van der Waals surface area contributed by atoms with Crippen molar-refractivity contribution in [2.45, 2.75) is 6.61 Å². The zero-order chi connectivity index (χ0) is 14.5. The van der Waals surface area contributed by atoms with Gasteiger partial charge in [0.15, 0.2) is 0 Å². The number of anilines is 1. The molecule has 20 heavy (non-hydrogen) atoms. The number of rotatable bonds is 4. The number of methoxy groups -OCH3 is 1. The fraction of sp³-hybridized carbons (Fsp3) is 0.143. The summed E-state index contributed by atoms with van der Waals surface area (Å²) in [6, 6.07) is 6.40. The van der Waals surface area contributed by atoms with Crippen molar-refractivity contribution < 1.29 is 14.3 Å². The van der Waals surface area contributed by atoms with Gasteiger partial charge in [-0.2, -0.15) is 0 Å². The number of esters is 1.